The van der Waals surface area contributed by atoms with E-state index in [0.29, 0.717) is 23.8 Å². The third-order valence-corrected chi connectivity index (χ3v) is 3.37. The molecule has 0 spiro atoms. The highest BCUT2D eigenvalue weighted by Crippen LogP contribution is 2.17. The molecule has 3 nitrogen and oxygen atoms in total. The van der Waals surface area contributed by atoms with Gasteiger partial charge in [0.2, 0.25) is 0 Å². The van der Waals surface area contributed by atoms with Crippen molar-refractivity contribution in [2.24, 2.45) is 0 Å². The Morgan fingerprint density at radius 1 is 1.29 bits per heavy atom. The number of hydrogen-bond donors (Lipinski definition) is 2. The Bertz CT molecular complexity index is 384. The Hall–Kier alpha value is -1.35. The van der Waals surface area contributed by atoms with Gasteiger partial charge in [-0.05, 0) is 25.0 Å². The van der Waals surface area contributed by atoms with E-state index in [1.807, 2.05) is 12.1 Å². The van der Waals surface area contributed by atoms with Gasteiger partial charge < -0.3 is 11.1 Å². The van der Waals surface area contributed by atoms with Crippen LogP contribution < -0.4 is 11.1 Å². The number of nitrogens with one attached hydrogen (secondary N) is 1. The maximum atomic E-state index is 11.9. The van der Waals surface area contributed by atoms with Gasteiger partial charge in [0.05, 0.1) is 6.54 Å². The number of nitrogens with two attached hydrogens (primary N) is 1. The van der Waals surface area contributed by atoms with E-state index < -0.39 is 0 Å². The van der Waals surface area contributed by atoms with Gasteiger partial charge in [-0.25, -0.2) is 0 Å². The van der Waals surface area contributed by atoms with E-state index in [2.05, 4.69) is 5.32 Å². The third kappa shape index (κ3) is 3.56. The van der Waals surface area contributed by atoms with Gasteiger partial charge in [-0.3, -0.25) is 4.79 Å². The van der Waals surface area contributed by atoms with Crippen molar-refractivity contribution < 1.29 is 4.79 Å². The smallest absolute Gasteiger partial charge is 0.176 e. The third-order valence-electron chi connectivity index (χ3n) is 3.37. The number of Topliss-reactive ketones (excluding diaryl/α,β-unsaturated/α-hetero) is 1. The summed E-state index contributed by atoms with van der Waals surface area (Å²) in [6.07, 6.45) is 6.30. The monoisotopic (exact) mass is 232 g/mol. The molecule has 1 fully saturated rings. The molecule has 1 aliphatic rings. The van der Waals surface area contributed by atoms with Crippen LogP contribution in [0.2, 0.25) is 0 Å². The van der Waals surface area contributed by atoms with E-state index in [-0.39, 0.29) is 5.78 Å². The SMILES string of the molecule is Nc1cccc(C(=O)CNC2CCCCC2)c1. The molecule has 1 aliphatic carbocycles. The second kappa shape index (κ2) is 5.82. The number of ketones is 1. The number of benzene rings is 1. The molecule has 0 bridgehead atoms. The maximum Gasteiger partial charge on any atom is 0.176 e. The van der Waals surface area contributed by atoms with Gasteiger partial charge in [0, 0.05) is 17.3 Å². The lowest BCUT2D eigenvalue weighted by molar-refractivity contribution is 0.0985. The molecule has 1 saturated carbocycles. The molecular weight excluding hydrogens is 212 g/mol. The summed E-state index contributed by atoms with van der Waals surface area (Å²) in [7, 11) is 0. The molecule has 0 amide bonds. The lowest BCUT2D eigenvalue weighted by atomic mass is 9.95. The molecule has 0 radical (unpaired) electrons. The first-order chi connectivity index (χ1) is 8.25. The molecule has 0 unspecified atom stereocenters. The van der Waals surface area contributed by atoms with Crippen LogP contribution in [0.5, 0.6) is 0 Å². The number of hydrogen-bond acceptors (Lipinski definition) is 3. The summed E-state index contributed by atoms with van der Waals surface area (Å²) in [5, 5.41) is 3.35. The number of carbonyl (C=O) groups is 1. The van der Waals surface area contributed by atoms with Crippen LogP contribution in [0, 0.1) is 0 Å². The van der Waals surface area contributed by atoms with Crippen molar-refractivity contribution in [3.63, 3.8) is 0 Å². The maximum absolute atomic E-state index is 11.9. The van der Waals surface area contributed by atoms with Gasteiger partial charge in [-0.2, -0.15) is 0 Å². The summed E-state index contributed by atoms with van der Waals surface area (Å²) in [6, 6.07) is 7.70. The number of rotatable bonds is 4. The van der Waals surface area contributed by atoms with E-state index >= 15 is 0 Å². The zero-order valence-corrected chi connectivity index (χ0v) is 10.1. The summed E-state index contributed by atoms with van der Waals surface area (Å²) in [5.74, 6) is 0.128. The van der Waals surface area contributed by atoms with Crippen LogP contribution in [0.1, 0.15) is 42.5 Å². The fourth-order valence-electron chi connectivity index (χ4n) is 2.36. The normalized spacial score (nSPS) is 16.9. The van der Waals surface area contributed by atoms with E-state index in [9.17, 15) is 4.79 Å². The zero-order chi connectivity index (χ0) is 12.1. The van der Waals surface area contributed by atoms with Crippen LogP contribution in [-0.2, 0) is 0 Å². The van der Waals surface area contributed by atoms with E-state index in [4.69, 9.17) is 5.73 Å². The summed E-state index contributed by atoms with van der Waals surface area (Å²) in [6.45, 7) is 0.425. The van der Waals surface area contributed by atoms with Crippen molar-refractivity contribution >= 4 is 11.5 Å². The molecule has 0 aliphatic heterocycles. The molecule has 3 N–H and O–H groups in total. The molecule has 1 aromatic rings. The summed E-state index contributed by atoms with van der Waals surface area (Å²) in [5.41, 5.74) is 7.01. The van der Waals surface area contributed by atoms with Gasteiger partial charge in [0.1, 0.15) is 0 Å². The first-order valence-electron chi connectivity index (χ1n) is 6.38. The van der Waals surface area contributed by atoms with E-state index in [1.54, 1.807) is 12.1 Å². The fraction of sp³-hybridized carbons (Fsp3) is 0.500. The van der Waals surface area contributed by atoms with Crippen LogP contribution >= 0.6 is 0 Å². The Balaban J connectivity index is 1.84. The molecule has 0 saturated heterocycles. The molecular formula is C14H20N2O. The molecule has 17 heavy (non-hydrogen) atoms. The van der Waals surface area contributed by atoms with Crippen LogP contribution in [0.15, 0.2) is 24.3 Å². The van der Waals surface area contributed by atoms with Gasteiger partial charge in [-0.15, -0.1) is 0 Å². The molecule has 2 rings (SSSR count). The van der Waals surface area contributed by atoms with Crippen molar-refractivity contribution in [1.82, 2.24) is 5.32 Å². The van der Waals surface area contributed by atoms with E-state index in [0.717, 1.165) is 0 Å². The number of nitrogen functional groups attached to an aromatic ring is 1. The van der Waals surface area contributed by atoms with Gasteiger partial charge in [0.25, 0.3) is 0 Å². The van der Waals surface area contributed by atoms with Crippen molar-refractivity contribution in [2.75, 3.05) is 12.3 Å². The number of carbonyl (C=O) groups excluding carboxylic acids is 1. The van der Waals surface area contributed by atoms with Crippen LogP contribution in [-0.4, -0.2) is 18.4 Å². The average molecular weight is 232 g/mol. The van der Waals surface area contributed by atoms with Crippen LogP contribution in [0.25, 0.3) is 0 Å². The minimum atomic E-state index is 0.128. The standard InChI is InChI=1S/C14H20N2O/c15-12-6-4-5-11(9-12)14(17)10-16-13-7-2-1-3-8-13/h4-6,9,13,16H,1-3,7-8,10,15H2. The molecule has 3 heteroatoms. The first kappa shape index (κ1) is 12.1. The van der Waals surface area contributed by atoms with Crippen molar-refractivity contribution in [1.29, 1.82) is 0 Å². The average Bonchev–Trinajstić information content (AvgIpc) is 2.37. The van der Waals surface area contributed by atoms with Gasteiger partial charge in [-0.1, -0.05) is 31.4 Å². The van der Waals surface area contributed by atoms with Crippen LogP contribution in [0.3, 0.4) is 0 Å². The second-order valence-corrected chi connectivity index (χ2v) is 4.76. The fourth-order valence-corrected chi connectivity index (χ4v) is 2.36. The predicted molar refractivity (Wildman–Crippen MR) is 70.1 cm³/mol. The zero-order valence-electron chi connectivity index (χ0n) is 10.1. The molecule has 1 aromatic carbocycles. The quantitative estimate of drug-likeness (QED) is 0.619. The summed E-state index contributed by atoms with van der Waals surface area (Å²) < 4.78 is 0. The van der Waals surface area contributed by atoms with Crippen molar-refractivity contribution in [2.45, 2.75) is 38.1 Å². The minimum absolute atomic E-state index is 0.128. The second-order valence-electron chi connectivity index (χ2n) is 4.76. The largest absolute Gasteiger partial charge is 0.399 e. The number of anilines is 1. The highest BCUT2D eigenvalue weighted by Gasteiger charge is 2.14. The lowest BCUT2D eigenvalue weighted by Crippen LogP contribution is -2.35. The Labute approximate surface area is 102 Å². The highest BCUT2D eigenvalue weighted by atomic mass is 16.1. The minimum Gasteiger partial charge on any atom is -0.399 e. The topological polar surface area (TPSA) is 55.1 Å². The van der Waals surface area contributed by atoms with Gasteiger partial charge >= 0.3 is 0 Å². The Kier molecular flexibility index (Phi) is 4.15. The molecule has 0 heterocycles. The highest BCUT2D eigenvalue weighted by molar-refractivity contribution is 5.98. The van der Waals surface area contributed by atoms with Crippen molar-refractivity contribution in [3.8, 4) is 0 Å². The van der Waals surface area contributed by atoms with Crippen molar-refractivity contribution in [3.05, 3.63) is 29.8 Å². The summed E-state index contributed by atoms with van der Waals surface area (Å²) >= 11 is 0. The predicted octanol–water partition coefficient (Wildman–Crippen LogP) is 2.37. The molecule has 0 atom stereocenters. The lowest BCUT2D eigenvalue weighted by Gasteiger charge is -2.22. The van der Waals surface area contributed by atoms with Crippen LogP contribution in [0.4, 0.5) is 5.69 Å². The Morgan fingerprint density at radius 3 is 2.76 bits per heavy atom. The molecule has 0 aromatic heterocycles. The van der Waals surface area contributed by atoms with E-state index in [1.165, 1.54) is 32.1 Å². The summed E-state index contributed by atoms with van der Waals surface area (Å²) in [4.78, 5) is 11.9. The van der Waals surface area contributed by atoms with Gasteiger partial charge in [0.15, 0.2) is 5.78 Å². The first-order valence-corrected chi connectivity index (χ1v) is 6.38. The Morgan fingerprint density at radius 2 is 2.06 bits per heavy atom. The molecule has 92 valence electrons.